The lowest BCUT2D eigenvalue weighted by Gasteiger charge is -1.93. The summed E-state index contributed by atoms with van der Waals surface area (Å²) in [6, 6.07) is 3.63. The molecule has 1 aromatic heterocycles. The number of rotatable bonds is 1. The molecule has 0 saturated carbocycles. The van der Waals surface area contributed by atoms with Crippen LogP contribution in [-0.2, 0) is 10.8 Å². The van der Waals surface area contributed by atoms with Gasteiger partial charge in [0.1, 0.15) is 5.03 Å². The van der Waals surface area contributed by atoms with Gasteiger partial charge in [-0.05, 0) is 11.4 Å². The summed E-state index contributed by atoms with van der Waals surface area (Å²) in [5, 5.41) is 1.64. The maximum absolute atomic E-state index is 10.8. The summed E-state index contributed by atoms with van der Waals surface area (Å²) in [7, 11) is 1.56. The third kappa shape index (κ3) is 1.86. The first-order valence-corrected chi connectivity index (χ1v) is 4.88. The summed E-state index contributed by atoms with van der Waals surface area (Å²) in [4.78, 5) is 3.96. The molecule has 0 aliphatic rings. The predicted molar refractivity (Wildman–Crippen MR) is 45.9 cm³/mol. The zero-order chi connectivity index (χ0) is 7.56. The Bertz CT molecular complexity index is 246. The van der Waals surface area contributed by atoms with Gasteiger partial charge in [-0.3, -0.25) is 4.21 Å². The van der Waals surface area contributed by atoms with Gasteiger partial charge >= 0.3 is 0 Å². The van der Waals surface area contributed by atoms with Gasteiger partial charge in [0.15, 0.2) is 0 Å². The van der Waals surface area contributed by atoms with Crippen molar-refractivity contribution in [2.75, 3.05) is 6.26 Å². The van der Waals surface area contributed by atoms with Gasteiger partial charge in [0.25, 0.3) is 0 Å². The highest BCUT2D eigenvalue weighted by Gasteiger charge is 1.95. The summed E-state index contributed by atoms with van der Waals surface area (Å²) in [6.07, 6.45) is 3.30. The van der Waals surface area contributed by atoms with E-state index in [1.165, 1.54) is 0 Å². The Morgan fingerprint density at radius 2 is 2.30 bits per heavy atom. The molecule has 1 aromatic rings. The Morgan fingerprint density at radius 3 is 2.70 bits per heavy atom. The lowest BCUT2D eigenvalue weighted by atomic mass is 10.5. The van der Waals surface area contributed by atoms with Crippen molar-refractivity contribution in [1.29, 1.82) is 0 Å². The van der Waals surface area contributed by atoms with Crippen molar-refractivity contribution in [2.45, 2.75) is 5.03 Å². The van der Waals surface area contributed by atoms with Gasteiger partial charge in [-0.1, -0.05) is 6.07 Å². The second kappa shape index (κ2) is 3.22. The van der Waals surface area contributed by atoms with E-state index in [1.807, 2.05) is 6.07 Å². The van der Waals surface area contributed by atoms with Crippen LogP contribution in [0.1, 0.15) is 0 Å². The van der Waals surface area contributed by atoms with Crippen molar-refractivity contribution in [3.8, 4) is 0 Å². The zero-order valence-corrected chi connectivity index (χ0v) is 7.54. The van der Waals surface area contributed by atoms with Gasteiger partial charge in [-0.2, -0.15) is 0 Å². The average molecular weight is 173 g/mol. The van der Waals surface area contributed by atoms with Gasteiger partial charge in [-0.25, -0.2) is 4.98 Å². The molecule has 4 heteroatoms. The van der Waals surface area contributed by atoms with E-state index in [9.17, 15) is 4.21 Å². The third-order valence-corrected chi connectivity index (χ3v) is 2.23. The van der Waals surface area contributed by atoms with E-state index in [4.69, 9.17) is 0 Å². The van der Waals surface area contributed by atoms with Gasteiger partial charge in [0.05, 0.1) is 10.8 Å². The highest BCUT2D eigenvalue weighted by atomic mass is 32.2. The van der Waals surface area contributed by atoms with Crippen LogP contribution < -0.4 is 5.30 Å². The minimum atomic E-state index is -0.958. The molecule has 0 bridgehead atoms. The second-order valence-corrected chi connectivity index (χ2v) is 3.88. The van der Waals surface area contributed by atoms with Crippen LogP contribution in [0.2, 0.25) is 0 Å². The molecule has 0 aromatic carbocycles. The van der Waals surface area contributed by atoms with E-state index in [0.29, 0.717) is 5.03 Å². The first-order valence-electron chi connectivity index (χ1n) is 2.75. The highest BCUT2D eigenvalue weighted by molar-refractivity contribution is 7.84. The number of hydrogen-bond donors (Lipinski definition) is 0. The van der Waals surface area contributed by atoms with Gasteiger partial charge in [-0.15, -0.1) is 9.24 Å². The molecule has 10 heavy (non-hydrogen) atoms. The maximum atomic E-state index is 10.8. The zero-order valence-electron chi connectivity index (χ0n) is 5.57. The molecule has 0 spiro atoms. The fourth-order valence-corrected chi connectivity index (χ4v) is 1.19. The van der Waals surface area contributed by atoms with Crippen molar-refractivity contribution in [1.82, 2.24) is 4.98 Å². The molecule has 54 valence electrons. The van der Waals surface area contributed by atoms with Crippen LogP contribution in [0.25, 0.3) is 0 Å². The van der Waals surface area contributed by atoms with E-state index < -0.39 is 10.8 Å². The number of pyridine rings is 1. The minimum Gasteiger partial charge on any atom is -0.253 e. The summed E-state index contributed by atoms with van der Waals surface area (Å²) >= 11 is 0. The maximum Gasteiger partial charge on any atom is 0.126 e. The smallest absolute Gasteiger partial charge is 0.126 e. The molecule has 0 aliphatic carbocycles. The normalized spacial score (nSPS) is 13.0. The average Bonchev–Trinajstić information content (AvgIpc) is 1.88. The van der Waals surface area contributed by atoms with Crippen LogP contribution in [0, 0.1) is 0 Å². The molecule has 0 aliphatic heterocycles. The van der Waals surface area contributed by atoms with Crippen LogP contribution in [0.3, 0.4) is 0 Å². The lowest BCUT2D eigenvalue weighted by Crippen LogP contribution is -1.96. The van der Waals surface area contributed by atoms with E-state index in [0.717, 1.165) is 5.30 Å². The van der Waals surface area contributed by atoms with Gasteiger partial charge in [0.2, 0.25) is 0 Å². The number of nitrogens with zero attached hydrogens (tertiary/aromatic N) is 1. The molecule has 0 fully saturated rings. The summed E-state index contributed by atoms with van der Waals surface area (Å²) in [5.41, 5.74) is 0. The van der Waals surface area contributed by atoms with E-state index in [1.54, 1.807) is 18.5 Å². The lowest BCUT2D eigenvalue weighted by molar-refractivity contribution is 0.684. The van der Waals surface area contributed by atoms with Crippen molar-refractivity contribution < 1.29 is 4.21 Å². The van der Waals surface area contributed by atoms with Crippen molar-refractivity contribution in [2.24, 2.45) is 0 Å². The molecule has 2 atom stereocenters. The fourth-order valence-electron chi connectivity index (χ4n) is 0.562. The second-order valence-electron chi connectivity index (χ2n) is 1.88. The summed E-state index contributed by atoms with van der Waals surface area (Å²) in [5.74, 6) is 0. The van der Waals surface area contributed by atoms with Crippen molar-refractivity contribution >= 4 is 25.3 Å². The summed E-state index contributed by atoms with van der Waals surface area (Å²) in [6.45, 7) is 0. The molecule has 0 saturated heterocycles. The number of hydrogen-bond acceptors (Lipinski definition) is 2. The molecular formula is C6H8NOPS. The van der Waals surface area contributed by atoms with E-state index >= 15 is 0 Å². The molecule has 2 nitrogen and oxygen atoms in total. The Hall–Kier alpha value is -0.270. The third-order valence-electron chi connectivity index (χ3n) is 1.05. The van der Waals surface area contributed by atoms with Crippen LogP contribution in [-0.4, -0.2) is 15.4 Å². The Morgan fingerprint density at radius 1 is 1.60 bits per heavy atom. The van der Waals surface area contributed by atoms with E-state index in [2.05, 4.69) is 14.2 Å². The Labute approximate surface area is 64.7 Å². The van der Waals surface area contributed by atoms with Gasteiger partial charge < -0.3 is 0 Å². The fraction of sp³-hybridized carbons (Fsp3) is 0.167. The Balaban J connectivity index is 3.00. The van der Waals surface area contributed by atoms with Crippen LogP contribution in [0.15, 0.2) is 23.4 Å². The topological polar surface area (TPSA) is 30.0 Å². The molecule has 0 radical (unpaired) electrons. The molecule has 2 unspecified atom stereocenters. The number of aromatic nitrogens is 1. The van der Waals surface area contributed by atoms with Crippen molar-refractivity contribution in [3.63, 3.8) is 0 Å². The minimum absolute atomic E-state index is 0.631. The first-order chi connectivity index (χ1) is 4.70. The van der Waals surface area contributed by atoms with Crippen LogP contribution in [0.5, 0.6) is 0 Å². The monoisotopic (exact) mass is 173 g/mol. The standard InChI is InChI=1S/C6H8NOPS/c1-10(8)6-3-2-5(9)4-7-6/h2-4H,9H2,1H3. The van der Waals surface area contributed by atoms with E-state index in [-0.39, 0.29) is 0 Å². The van der Waals surface area contributed by atoms with Crippen LogP contribution in [0.4, 0.5) is 0 Å². The quantitative estimate of drug-likeness (QED) is 0.572. The Kier molecular flexibility index (Phi) is 2.52. The molecule has 0 amide bonds. The molecule has 1 heterocycles. The predicted octanol–water partition coefficient (Wildman–Crippen LogP) is 0.319. The highest BCUT2D eigenvalue weighted by Crippen LogP contribution is 1.97. The molecule has 1 rings (SSSR count). The first kappa shape index (κ1) is 7.83. The summed E-state index contributed by atoms with van der Waals surface area (Å²) < 4.78 is 10.8. The van der Waals surface area contributed by atoms with Crippen molar-refractivity contribution in [3.05, 3.63) is 18.3 Å². The molecule has 0 N–H and O–H groups in total. The SMILES string of the molecule is CS(=O)c1ccc(P)cn1. The van der Waals surface area contributed by atoms with Crippen LogP contribution >= 0.6 is 9.24 Å². The largest absolute Gasteiger partial charge is 0.253 e. The molecular weight excluding hydrogens is 165 g/mol. The van der Waals surface area contributed by atoms with Gasteiger partial charge in [0, 0.05) is 12.5 Å².